The molecule has 15 heteroatoms. The van der Waals surface area contributed by atoms with Crippen molar-refractivity contribution in [1.82, 2.24) is 24.7 Å². The van der Waals surface area contributed by atoms with E-state index in [-0.39, 0.29) is 43.8 Å². The number of hydrogen-bond donors (Lipinski definition) is 0. The monoisotopic (exact) mass is 523 g/mol. The second kappa shape index (κ2) is 8.46. The summed E-state index contributed by atoms with van der Waals surface area (Å²) >= 11 is 0. The lowest BCUT2D eigenvalue weighted by Crippen LogP contribution is -2.40. The minimum atomic E-state index is -5.77. The molecular weight excluding hydrogens is 510 g/mol. The van der Waals surface area contributed by atoms with E-state index in [9.17, 15) is 39.3 Å². The van der Waals surface area contributed by atoms with Crippen LogP contribution in [0.5, 0.6) is 0 Å². The van der Waals surface area contributed by atoms with Crippen LogP contribution in [0.1, 0.15) is 12.6 Å². The number of halogens is 8. The van der Waals surface area contributed by atoms with Crippen LogP contribution < -0.4 is 0 Å². The van der Waals surface area contributed by atoms with E-state index in [1.807, 2.05) is 0 Å². The Morgan fingerprint density at radius 1 is 0.914 bits per heavy atom. The summed E-state index contributed by atoms with van der Waals surface area (Å²) in [5.74, 6) is -4.92. The highest BCUT2D eigenvalue weighted by Gasteiger charge is 2.57. The summed E-state index contributed by atoms with van der Waals surface area (Å²) in [6.45, 7) is -0.164. The van der Waals surface area contributed by atoms with Crippen LogP contribution in [0.3, 0.4) is 0 Å². The van der Waals surface area contributed by atoms with Crippen molar-refractivity contribution in [3.8, 4) is 11.3 Å². The van der Waals surface area contributed by atoms with E-state index in [0.29, 0.717) is 10.9 Å². The number of rotatable bonds is 5. The largest absolute Gasteiger partial charge is 0.455 e. The van der Waals surface area contributed by atoms with Crippen LogP contribution in [0, 0.1) is 0 Å². The first-order valence-corrected chi connectivity index (χ1v) is 11.1. The van der Waals surface area contributed by atoms with Gasteiger partial charge in [0.1, 0.15) is 6.54 Å². The van der Waals surface area contributed by atoms with Gasteiger partial charge < -0.3 is 0 Å². The molecule has 0 radical (unpaired) electrons. The maximum absolute atomic E-state index is 13.5. The lowest BCUT2D eigenvalue weighted by atomic mass is 10.1. The molecule has 4 rings (SSSR count). The van der Waals surface area contributed by atoms with Gasteiger partial charge in [0.25, 0.3) is 0 Å². The van der Waals surface area contributed by atoms with Gasteiger partial charge in [0.2, 0.25) is 0 Å². The molecule has 35 heavy (non-hydrogen) atoms. The predicted molar refractivity (Wildman–Crippen MR) is 109 cm³/mol. The zero-order chi connectivity index (χ0) is 25.8. The van der Waals surface area contributed by atoms with Gasteiger partial charge in [-0.15, -0.1) is 0 Å². The summed E-state index contributed by atoms with van der Waals surface area (Å²) in [7, 11) is -1.67. The summed E-state index contributed by atoms with van der Waals surface area (Å²) in [4.78, 5) is 11.5. The lowest BCUT2D eigenvalue weighted by Gasteiger charge is -2.19. The van der Waals surface area contributed by atoms with Gasteiger partial charge in [-0.3, -0.25) is 18.9 Å². The van der Waals surface area contributed by atoms with E-state index in [2.05, 4.69) is 20.1 Å². The molecule has 0 fully saturated rings. The molecular formula is C20H13F8N5OS. The van der Waals surface area contributed by atoms with Crippen molar-refractivity contribution in [2.45, 2.75) is 36.6 Å². The van der Waals surface area contributed by atoms with Gasteiger partial charge in [0, 0.05) is 16.7 Å². The summed E-state index contributed by atoms with van der Waals surface area (Å²) < 4.78 is 117. The summed E-state index contributed by atoms with van der Waals surface area (Å²) in [6.07, 6.45) is -7.86. The number of nitrogens with zero attached hydrogens (tertiary/aromatic N) is 5. The van der Waals surface area contributed by atoms with Gasteiger partial charge in [-0.05, 0) is 18.2 Å². The smallest absolute Gasteiger partial charge is 0.257 e. The van der Waals surface area contributed by atoms with Gasteiger partial charge in [0.15, 0.2) is 5.69 Å². The Hall–Kier alpha value is -3.23. The molecule has 0 aliphatic carbocycles. The third kappa shape index (κ3) is 4.68. The van der Waals surface area contributed by atoms with Gasteiger partial charge in [-0.1, -0.05) is 6.92 Å². The molecule has 1 aromatic carbocycles. The van der Waals surface area contributed by atoms with E-state index in [1.165, 1.54) is 18.2 Å². The van der Waals surface area contributed by atoms with E-state index < -0.39 is 41.3 Å². The maximum Gasteiger partial charge on any atom is 0.455 e. The number of benzene rings is 1. The van der Waals surface area contributed by atoms with E-state index in [0.717, 1.165) is 12.4 Å². The average molecular weight is 523 g/mol. The van der Waals surface area contributed by atoms with Crippen LogP contribution >= 0.6 is 0 Å². The standard InChI is InChI=1S/C20H13F8N5OS/c1-2-35(34)16-5-14-13(30-8-17(32-14)19(23,24)25)4-11(16)12-3-10-6-31-33(15(10)7-29-12)9-18(21,22)20(26,27)28/h3-8H,2,9H2,1H3. The third-order valence-electron chi connectivity index (χ3n) is 5.01. The van der Waals surface area contributed by atoms with Crippen LogP contribution in [-0.4, -0.2) is 46.8 Å². The molecule has 6 nitrogen and oxygen atoms in total. The topological polar surface area (TPSA) is 73.6 Å². The summed E-state index contributed by atoms with van der Waals surface area (Å²) in [5, 5.41) is 3.76. The molecule has 3 heterocycles. The van der Waals surface area contributed by atoms with Crippen molar-refractivity contribution >= 4 is 32.7 Å². The molecule has 0 bridgehead atoms. The molecule has 3 aromatic heterocycles. The second-order valence-corrected chi connectivity index (χ2v) is 9.07. The molecule has 1 atom stereocenters. The fourth-order valence-corrected chi connectivity index (χ4v) is 4.21. The molecule has 0 aliphatic heterocycles. The minimum absolute atomic E-state index is 0.0484. The van der Waals surface area contributed by atoms with Gasteiger partial charge in [0.05, 0.1) is 56.5 Å². The first-order valence-electron chi connectivity index (χ1n) is 9.74. The Morgan fingerprint density at radius 2 is 1.63 bits per heavy atom. The van der Waals surface area contributed by atoms with Crippen molar-refractivity contribution in [3.05, 3.63) is 42.5 Å². The first-order chi connectivity index (χ1) is 16.2. The van der Waals surface area contributed by atoms with Gasteiger partial charge in [-0.2, -0.15) is 40.2 Å². The van der Waals surface area contributed by atoms with E-state index in [4.69, 9.17) is 0 Å². The molecule has 0 spiro atoms. The highest BCUT2D eigenvalue weighted by molar-refractivity contribution is 7.85. The Bertz CT molecular complexity index is 1450. The van der Waals surface area contributed by atoms with Crippen molar-refractivity contribution < 1.29 is 39.3 Å². The van der Waals surface area contributed by atoms with E-state index >= 15 is 0 Å². The van der Waals surface area contributed by atoms with Crippen molar-refractivity contribution in [3.63, 3.8) is 0 Å². The Labute approximate surface area is 193 Å². The first kappa shape index (κ1) is 24.9. The molecule has 0 saturated heterocycles. The van der Waals surface area contributed by atoms with Crippen molar-refractivity contribution in [2.75, 3.05) is 5.75 Å². The fraction of sp³-hybridized carbons (Fsp3) is 0.300. The van der Waals surface area contributed by atoms with Crippen LogP contribution in [0.15, 0.2) is 41.7 Å². The normalized spacial score (nSPS) is 14.1. The zero-order valence-electron chi connectivity index (χ0n) is 17.5. The predicted octanol–water partition coefficient (Wildman–Crippen LogP) is 5.39. The Kier molecular flexibility index (Phi) is 6.02. The van der Waals surface area contributed by atoms with Crippen molar-refractivity contribution in [1.29, 1.82) is 0 Å². The minimum Gasteiger partial charge on any atom is -0.257 e. The molecule has 0 N–H and O–H groups in total. The summed E-state index contributed by atoms with van der Waals surface area (Å²) in [5.41, 5.74) is -1.07. The maximum atomic E-state index is 13.5. The molecule has 0 aliphatic rings. The van der Waals surface area contributed by atoms with E-state index in [1.54, 1.807) is 6.92 Å². The van der Waals surface area contributed by atoms with Crippen LogP contribution in [0.2, 0.25) is 0 Å². The molecule has 1 unspecified atom stereocenters. The van der Waals surface area contributed by atoms with Crippen molar-refractivity contribution in [2.24, 2.45) is 0 Å². The van der Waals surface area contributed by atoms with Crippen LogP contribution in [0.4, 0.5) is 35.1 Å². The second-order valence-electron chi connectivity index (χ2n) is 7.36. The Balaban J connectivity index is 1.82. The lowest BCUT2D eigenvalue weighted by molar-refractivity contribution is -0.287. The quantitative estimate of drug-likeness (QED) is 0.328. The van der Waals surface area contributed by atoms with Crippen LogP contribution in [0.25, 0.3) is 33.2 Å². The van der Waals surface area contributed by atoms with Crippen LogP contribution in [-0.2, 0) is 23.5 Å². The number of aromatic nitrogens is 5. The molecule has 0 saturated carbocycles. The average Bonchev–Trinajstić information content (AvgIpc) is 3.17. The Morgan fingerprint density at radius 3 is 2.26 bits per heavy atom. The zero-order valence-corrected chi connectivity index (χ0v) is 18.3. The number of hydrogen-bond acceptors (Lipinski definition) is 5. The molecule has 0 amide bonds. The summed E-state index contributed by atoms with van der Waals surface area (Å²) in [6, 6.07) is 3.87. The number of pyridine rings is 1. The highest BCUT2D eigenvalue weighted by atomic mass is 32.2. The number of fused-ring (bicyclic) bond motifs is 2. The highest BCUT2D eigenvalue weighted by Crippen LogP contribution is 2.38. The number of alkyl halides is 8. The molecule has 186 valence electrons. The molecule has 4 aromatic rings. The third-order valence-corrected chi connectivity index (χ3v) is 6.36. The van der Waals surface area contributed by atoms with Gasteiger partial charge >= 0.3 is 18.3 Å². The van der Waals surface area contributed by atoms with Gasteiger partial charge in [-0.25, -0.2) is 4.98 Å². The fourth-order valence-electron chi connectivity index (χ4n) is 3.25. The SMILES string of the molecule is CCS(=O)c1cc2nc(C(F)(F)F)cnc2cc1-c1cc2cnn(CC(F)(F)C(F)(F)F)c2cn1.